The smallest absolute Gasteiger partial charge is 0.257 e. The minimum Gasteiger partial charge on any atom is -0.443 e. The Bertz CT molecular complexity index is 1410. The Morgan fingerprint density at radius 2 is 1.91 bits per heavy atom. The Morgan fingerprint density at radius 3 is 2.64 bits per heavy atom. The van der Waals surface area contributed by atoms with Gasteiger partial charge in [-0.1, -0.05) is 65.9 Å². The number of aliphatic hydroxyl groups is 1. The maximum absolute atomic E-state index is 12.9. The molecule has 4 rings (SSSR count). The fourth-order valence-corrected chi connectivity index (χ4v) is 3.52. The highest BCUT2D eigenvalue weighted by Crippen LogP contribution is 2.18. The SMILES string of the molecule is Cn1cc(C(=O)NCc2ccc(Cl)cc2)c(=O)c2cc(CC#CC(O)c3ccccc3)oc21. The van der Waals surface area contributed by atoms with Gasteiger partial charge in [0.15, 0.2) is 0 Å². The van der Waals surface area contributed by atoms with Gasteiger partial charge in [0, 0.05) is 24.8 Å². The van der Waals surface area contributed by atoms with Crippen LogP contribution in [0.1, 0.15) is 33.3 Å². The number of hydrogen-bond donors (Lipinski definition) is 2. The van der Waals surface area contributed by atoms with Crippen LogP contribution >= 0.6 is 11.6 Å². The number of aliphatic hydroxyl groups excluding tert-OH is 1. The molecule has 0 bridgehead atoms. The Hall–Kier alpha value is -3.79. The highest BCUT2D eigenvalue weighted by molar-refractivity contribution is 6.30. The monoisotopic (exact) mass is 460 g/mol. The Balaban J connectivity index is 1.51. The minimum atomic E-state index is -0.905. The van der Waals surface area contributed by atoms with Crippen molar-refractivity contribution in [2.24, 2.45) is 7.05 Å². The summed E-state index contributed by atoms with van der Waals surface area (Å²) in [7, 11) is 1.70. The number of carbonyl (C=O) groups excluding carboxylic acids is 1. The molecule has 0 fully saturated rings. The first kappa shape index (κ1) is 22.4. The number of hydrogen-bond acceptors (Lipinski definition) is 4. The summed E-state index contributed by atoms with van der Waals surface area (Å²) in [6.45, 7) is 0.271. The van der Waals surface area contributed by atoms with E-state index >= 15 is 0 Å². The standard InChI is InChI=1S/C26H21ClN2O4/c1-29-16-22(25(32)28-15-17-10-12-19(27)13-11-17)24(31)21-14-20(33-26(21)29)8-5-9-23(30)18-6-3-2-4-7-18/h2-4,6-7,10-14,16,23,30H,8,15H2,1H3,(H,28,32). The van der Waals surface area contributed by atoms with Crippen molar-refractivity contribution >= 4 is 28.6 Å². The van der Waals surface area contributed by atoms with Gasteiger partial charge in [0.25, 0.3) is 5.91 Å². The summed E-state index contributed by atoms with van der Waals surface area (Å²) >= 11 is 5.88. The third-order valence-electron chi connectivity index (χ3n) is 5.12. The van der Waals surface area contributed by atoms with Crippen LogP contribution in [0.5, 0.6) is 0 Å². The lowest BCUT2D eigenvalue weighted by molar-refractivity contribution is 0.0949. The largest absolute Gasteiger partial charge is 0.443 e. The molecule has 2 aromatic carbocycles. The lowest BCUT2D eigenvalue weighted by Gasteiger charge is -2.07. The zero-order valence-corrected chi connectivity index (χ0v) is 18.6. The molecule has 33 heavy (non-hydrogen) atoms. The van der Waals surface area contributed by atoms with Gasteiger partial charge >= 0.3 is 0 Å². The molecule has 2 heterocycles. The fourth-order valence-electron chi connectivity index (χ4n) is 3.39. The molecule has 4 aromatic rings. The molecule has 0 radical (unpaired) electrons. The number of aryl methyl sites for hydroxylation is 1. The molecule has 2 N–H and O–H groups in total. The number of aromatic nitrogens is 1. The van der Waals surface area contributed by atoms with E-state index in [1.54, 1.807) is 41.9 Å². The fraction of sp³-hybridized carbons (Fsp3) is 0.154. The highest BCUT2D eigenvalue weighted by Gasteiger charge is 2.17. The molecule has 0 aliphatic carbocycles. The van der Waals surface area contributed by atoms with E-state index in [9.17, 15) is 14.7 Å². The molecule has 1 unspecified atom stereocenters. The molecule has 0 saturated carbocycles. The molecular weight excluding hydrogens is 440 g/mol. The Morgan fingerprint density at radius 1 is 1.18 bits per heavy atom. The van der Waals surface area contributed by atoms with Crippen LogP contribution in [0.2, 0.25) is 5.02 Å². The van der Waals surface area contributed by atoms with Crippen LogP contribution in [-0.2, 0) is 20.0 Å². The van der Waals surface area contributed by atoms with Gasteiger partial charge in [-0.05, 0) is 29.3 Å². The van der Waals surface area contributed by atoms with E-state index in [0.717, 1.165) is 5.56 Å². The number of halogens is 1. The van der Waals surface area contributed by atoms with Crippen LogP contribution < -0.4 is 10.7 Å². The molecular formula is C26H21ClN2O4. The van der Waals surface area contributed by atoms with Crippen molar-refractivity contribution in [2.45, 2.75) is 19.1 Å². The zero-order chi connectivity index (χ0) is 23.4. The van der Waals surface area contributed by atoms with Gasteiger partial charge in [0.1, 0.15) is 17.4 Å². The Kier molecular flexibility index (Phi) is 6.64. The predicted molar refractivity (Wildman–Crippen MR) is 127 cm³/mol. The van der Waals surface area contributed by atoms with Crippen molar-refractivity contribution in [3.05, 3.63) is 105 Å². The zero-order valence-electron chi connectivity index (χ0n) is 17.8. The van der Waals surface area contributed by atoms with Crippen LogP contribution in [0.3, 0.4) is 0 Å². The number of rotatable bonds is 5. The molecule has 1 atom stereocenters. The first-order chi connectivity index (χ1) is 15.9. The Labute approximate surface area is 195 Å². The van der Waals surface area contributed by atoms with Gasteiger partial charge in [-0.25, -0.2) is 0 Å². The third-order valence-corrected chi connectivity index (χ3v) is 5.38. The molecule has 166 valence electrons. The summed E-state index contributed by atoms with van der Waals surface area (Å²) in [6, 6.07) is 17.8. The van der Waals surface area contributed by atoms with Crippen molar-refractivity contribution in [2.75, 3.05) is 0 Å². The number of nitrogens with one attached hydrogen (secondary N) is 1. The lowest BCUT2D eigenvalue weighted by atomic mass is 10.1. The molecule has 0 aliphatic rings. The predicted octanol–water partition coefficient (Wildman–Crippen LogP) is 3.99. The lowest BCUT2D eigenvalue weighted by Crippen LogP contribution is -2.29. The molecule has 2 aromatic heterocycles. The van der Waals surface area contributed by atoms with Crippen LogP contribution in [0.4, 0.5) is 0 Å². The topological polar surface area (TPSA) is 84.5 Å². The van der Waals surface area contributed by atoms with Gasteiger partial charge < -0.3 is 19.4 Å². The van der Waals surface area contributed by atoms with Crippen molar-refractivity contribution in [1.82, 2.24) is 9.88 Å². The second-order valence-electron chi connectivity index (χ2n) is 7.53. The number of amides is 1. The van der Waals surface area contributed by atoms with E-state index in [-0.39, 0.29) is 18.5 Å². The van der Waals surface area contributed by atoms with Gasteiger partial charge in [-0.15, -0.1) is 0 Å². The van der Waals surface area contributed by atoms with Crippen molar-refractivity contribution in [3.63, 3.8) is 0 Å². The normalized spacial score (nSPS) is 11.6. The first-order valence-electron chi connectivity index (χ1n) is 10.3. The average molecular weight is 461 g/mol. The van der Waals surface area contributed by atoms with Crippen LogP contribution in [0.15, 0.2) is 76.1 Å². The molecule has 7 heteroatoms. The molecule has 0 aliphatic heterocycles. The van der Waals surface area contributed by atoms with E-state index in [1.165, 1.54) is 6.20 Å². The van der Waals surface area contributed by atoms with Gasteiger partial charge in [0.2, 0.25) is 11.1 Å². The number of benzene rings is 2. The van der Waals surface area contributed by atoms with Crippen molar-refractivity contribution in [1.29, 1.82) is 0 Å². The maximum atomic E-state index is 12.9. The second-order valence-corrected chi connectivity index (χ2v) is 7.97. The summed E-state index contributed by atoms with van der Waals surface area (Å²) in [4.78, 5) is 25.6. The van der Waals surface area contributed by atoms with E-state index in [0.29, 0.717) is 27.4 Å². The first-order valence-corrected chi connectivity index (χ1v) is 10.7. The van der Waals surface area contributed by atoms with Crippen LogP contribution in [0, 0.1) is 11.8 Å². The third kappa shape index (κ3) is 5.17. The summed E-state index contributed by atoms with van der Waals surface area (Å²) in [5.41, 5.74) is 1.54. The highest BCUT2D eigenvalue weighted by atomic mass is 35.5. The summed E-state index contributed by atoms with van der Waals surface area (Å²) in [5, 5.41) is 13.8. The molecule has 0 spiro atoms. The van der Waals surface area contributed by atoms with E-state index in [2.05, 4.69) is 17.2 Å². The molecule has 6 nitrogen and oxygen atoms in total. The molecule has 1 amide bonds. The number of pyridine rings is 1. The van der Waals surface area contributed by atoms with Gasteiger partial charge in [-0.2, -0.15) is 0 Å². The van der Waals surface area contributed by atoms with Crippen LogP contribution in [-0.4, -0.2) is 15.6 Å². The van der Waals surface area contributed by atoms with Gasteiger partial charge in [-0.3, -0.25) is 9.59 Å². The average Bonchev–Trinajstić information content (AvgIpc) is 3.26. The maximum Gasteiger partial charge on any atom is 0.257 e. The van der Waals surface area contributed by atoms with Gasteiger partial charge in [0.05, 0.1) is 11.8 Å². The van der Waals surface area contributed by atoms with Crippen molar-refractivity contribution < 1.29 is 14.3 Å². The van der Waals surface area contributed by atoms with Crippen molar-refractivity contribution in [3.8, 4) is 11.8 Å². The number of carbonyl (C=O) groups is 1. The number of nitrogens with zero attached hydrogens (tertiary/aromatic N) is 1. The second kappa shape index (κ2) is 9.78. The van der Waals surface area contributed by atoms with E-state index in [1.807, 2.05) is 30.3 Å². The summed E-state index contributed by atoms with van der Waals surface area (Å²) < 4.78 is 7.38. The minimum absolute atomic E-state index is 0.0249. The number of fused-ring (bicyclic) bond motifs is 1. The van der Waals surface area contributed by atoms with E-state index in [4.69, 9.17) is 16.0 Å². The quantitative estimate of drug-likeness (QED) is 0.441. The summed E-state index contributed by atoms with van der Waals surface area (Å²) in [5.74, 6) is 5.67. The number of furan rings is 1. The van der Waals surface area contributed by atoms with E-state index < -0.39 is 17.4 Å². The summed E-state index contributed by atoms with van der Waals surface area (Å²) in [6.07, 6.45) is 0.772. The van der Waals surface area contributed by atoms with Crippen LogP contribution in [0.25, 0.3) is 11.1 Å². The molecule has 0 saturated heterocycles.